The molecule has 0 spiro atoms. The lowest BCUT2D eigenvalue weighted by Crippen LogP contribution is -2.25. The minimum absolute atomic E-state index is 0.134. The Morgan fingerprint density at radius 2 is 1.59 bits per heavy atom. The van der Waals surface area contributed by atoms with Crippen LogP contribution in [0.15, 0.2) is 39.5 Å². The number of carbonyl (C=O) groups excluding carboxylic acids is 1. The fourth-order valence-electron chi connectivity index (χ4n) is 2.14. The van der Waals surface area contributed by atoms with Gasteiger partial charge in [0.1, 0.15) is 22.5 Å². The van der Waals surface area contributed by atoms with Crippen LogP contribution in [0.4, 0.5) is 4.79 Å². The first-order valence-corrected chi connectivity index (χ1v) is 7.09. The molecule has 2 amide bonds. The van der Waals surface area contributed by atoms with Crippen molar-refractivity contribution in [1.82, 2.24) is 5.48 Å². The molecule has 0 saturated carbocycles. The number of amides is 2. The molecule has 0 saturated heterocycles. The Hall–Kier alpha value is -4.12. The van der Waals surface area contributed by atoms with Crippen molar-refractivity contribution in [2.45, 2.75) is 0 Å². The summed E-state index contributed by atoms with van der Waals surface area (Å²) in [6, 6.07) is 4.70. The molecule has 0 unspecified atom stereocenters. The van der Waals surface area contributed by atoms with Crippen LogP contribution >= 0.6 is 0 Å². The number of phenolic OH excluding ortho intramolecular Hbond substituents is 4. The van der Waals surface area contributed by atoms with Crippen LogP contribution in [0.3, 0.4) is 0 Å². The molecule has 142 valence electrons. The molecule has 0 fully saturated rings. The highest BCUT2D eigenvalue weighted by Gasteiger charge is 2.19. The standard InChI is InChI=1S/C15H10O7.CH4N2O2/c16-7-4-10(19)12-11(5-7)22-15(14(21)13(12)20)6-1-2-8(17)9(18)3-6;2-1(4)3-5/h1-5,16-19,21H;5H,(H3,2,3,4). The van der Waals surface area contributed by atoms with Gasteiger partial charge in [-0.1, -0.05) is 0 Å². The molecule has 0 atom stereocenters. The van der Waals surface area contributed by atoms with Crippen molar-refractivity contribution in [1.29, 1.82) is 0 Å². The van der Waals surface area contributed by atoms with Crippen LogP contribution in [-0.4, -0.2) is 36.8 Å². The van der Waals surface area contributed by atoms with Gasteiger partial charge >= 0.3 is 6.03 Å². The van der Waals surface area contributed by atoms with Crippen molar-refractivity contribution >= 4 is 17.0 Å². The van der Waals surface area contributed by atoms with Crippen LogP contribution in [0, 0.1) is 0 Å². The van der Waals surface area contributed by atoms with Crippen LogP contribution in [0.25, 0.3) is 22.3 Å². The summed E-state index contributed by atoms with van der Waals surface area (Å²) < 4.78 is 5.35. The number of carbonyl (C=O) groups is 1. The zero-order chi connectivity index (χ0) is 20.3. The summed E-state index contributed by atoms with van der Waals surface area (Å²) in [6.45, 7) is 0. The maximum atomic E-state index is 12.1. The summed E-state index contributed by atoms with van der Waals surface area (Å²) in [7, 11) is 0. The average molecular weight is 378 g/mol. The first kappa shape index (κ1) is 19.2. The van der Waals surface area contributed by atoms with E-state index in [4.69, 9.17) is 9.62 Å². The van der Waals surface area contributed by atoms with E-state index in [1.807, 2.05) is 0 Å². The van der Waals surface area contributed by atoms with E-state index in [9.17, 15) is 35.1 Å². The van der Waals surface area contributed by atoms with Gasteiger partial charge < -0.3 is 35.7 Å². The quantitative estimate of drug-likeness (QED) is 0.172. The van der Waals surface area contributed by atoms with Crippen LogP contribution in [0.2, 0.25) is 0 Å². The van der Waals surface area contributed by atoms with Gasteiger partial charge in [-0.2, -0.15) is 0 Å². The van der Waals surface area contributed by atoms with Gasteiger partial charge in [0.25, 0.3) is 0 Å². The van der Waals surface area contributed by atoms with Crippen molar-refractivity contribution in [3.05, 3.63) is 40.6 Å². The lowest BCUT2D eigenvalue weighted by molar-refractivity contribution is 0.169. The van der Waals surface area contributed by atoms with E-state index in [2.05, 4.69) is 5.73 Å². The van der Waals surface area contributed by atoms with Gasteiger partial charge in [0.2, 0.25) is 11.2 Å². The van der Waals surface area contributed by atoms with Crippen LogP contribution < -0.4 is 16.6 Å². The number of nitrogens with one attached hydrogen (secondary N) is 1. The number of hydrogen-bond acceptors (Lipinski definition) is 9. The fraction of sp³-hybridized carbons (Fsp3) is 0. The van der Waals surface area contributed by atoms with Crippen molar-refractivity contribution < 1.29 is 40.0 Å². The summed E-state index contributed by atoms with van der Waals surface area (Å²) in [6.07, 6.45) is 0. The molecule has 1 aromatic heterocycles. The van der Waals surface area contributed by atoms with Gasteiger partial charge in [-0.05, 0) is 18.2 Å². The average Bonchev–Trinajstić information content (AvgIpc) is 2.60. The van der Waals surface area contributed by atoms with Crippen molar-refractivity contribution in [3.63, 3.8) is 0 Å². The number of hydroxylamine groups is 1. The molecule has 11 heteroatoms. The molecule has 3 rings (SSSR count). The number of aromatic hydroxyl groups is 5. The van der Waals surface area contributed by atoms with Gasteiger partial charge in [0.15, 0.2) is 17.3 Å². The smallest absolute Gasteiger partial charge is 0.335 e. The predicted molar refractivity (Wildman–Crippen MR) is 90.7 cm³/mol. The molecule has 0 aliphatic heterocycles. The topological polar surface area (TPSA) is 207 Å². The summed E-state index contributed by atoms with van der Waals surface area (Å²) in [5, 5.41) is 55.1. The number of urea groups is 1. The molecular weight excluding hydrogens is 364 g/mol. The first-order chi connectivity index (χ1) is 12.6. The third kappa shape index (κ3) is 3.93. The maximum absolute atomic E-state index is 12.1. The summed E-state index contributed by atoms with van der Waals surface area (Å²) >= 11 is 0. The number of benzene rings is 2. The molecule has 0 aliphatic rings. The number of nitrogens with two attached hydrogens (primary N) is 1. The second-order valence-electron chi connectivity index (χ2n) is 5.13. The predicted octanol–water partition coefficient (Wildman–Crippen LogP) is 1.03. The highest BCUT2D eigenvalue weighted by Crippen LogP contribution is 2.37. The van der Waals surface area contributed by atoms with Crippen LogP contribution in [0.5, 0.6) is 28.7 Å². The molecule has 0 radical (unpaired) electrons. The van der Waals surface area contributed by atoms with Gasteiger partial charge in [-0.3, -0.25) is 10.0 Å². The third-order valence-corrected chi connectivity index (χ3v) is 3.28. The maximum Gasteiger partial charge on any atom is 0.335 e. The van der Waals surface area contributed by atoms with Crippen molar-refractivity contribution in [2.24, 2.45) is 5.73 Å². The highest BCUT2D eigenvalue weighted by atomic mass is 16.5. The van der Waals surface area contributed by atoms with Gasteiger partial charge in [-0.25, -0.2) is 10.3 Å². The van der Waals surface area contributed by atoms with Gasteiger partial charge in [0.05, 0.1) is 0 Å². The zero-order valence-corrected chi connectivity index (χ0v) is 13.4. The first-order valence-electron chi connectivity index (χ1n) is 7.09. The zero-order valence-electron chi connectivity index (χ0n) is 13.4. The Morgan fingerprint density at radius 3 is 2.15 bits per heavy atom. The Morgan fingerprint density at radius 1 is 0.963 bits per heavy atom. The summed E-state index contributed by atoms with van der Waals surface area (Å²) in [5.74, 6) is -2.71. The molecular formula is C16H14N2O9. The van der Waals surface area contributed by atoms with E-state index >= 15 is 0 Å². The molecule has 11 nitrogen and oxygen atoms in total. The van der Waals surface area contributed by atoms with Crippen molar-refractivity contribution in [3.8, 4) is 40.1 Å². The Bertz CT molecular complexity index is 1080. The Balaban J connectivity index is 0.000000465. The fourth-order valence-corrected chi connectivity index (χ4v) is 2.14. The van der Waals surface area contributed by atoms with Crippen molar-refractivity contribution in [2.75, 3.05) is 0 Å². The Labute approximate surface area is 149 Å². The largest absolute Gasteiger partial charge is 0.508 e. The normalized spacial score (nSPS) is 10.1. The SMILES string of the molecule is NC(=O)NO.O=c1c(O)c(-c2ccc(O)c(O)c2)oc2cc(O)cc(O)c12. The molecule has 1 heterocycles. The molecule has 27 heavy (non-hydrogen) atoms. The van der Waals surface area contributed by atoms with Gasteiger partial charge in [0, 0.05) is 17.7 Å². The summed E-state index contributed by atoms with van der Waals surface area (Å²) in [4.78, 5) is 21.4. The van der Waals surface area contributed by atoms with E-state index in [1.165, 1.54) is 11.5 Å². The van der Waals surface area contributed by atoms with E-state index in [-0.39, 0.29) is 33.8 Å². The molecule has 3 aromatic rings. The molecule has 0 bridgehead atoms. The molecule has 2 aromatic carbocycles. The molecule has 9 N–H and O–H groups in total. The minimum atomic E-state index is -0.940. The van der Waals surface area contributed by atoms with E-state index in [0.717, 1.165) is 24.3 Å². The van der Waals surface area contributed by atoms with E-state index < -0.39 is 28.7 Å². The second kappa shape index (κ2) is 7.41. The number of hydrogen-bond donors (Lipinski definition) is 8. The van der Waals surface area contributed by atoms with E-state index in [1.54, 1.807) is 0 Å². The number of primary amides is 1. The lowest BCUT2D eigenvalue weighted by Gasteiger charge is -2.08. The minimum Gasteiger partial charge on any atom is -0.508 e. The monoisotopic (exact) mass is 378 g/mol. The number of fused-ring (bicyclic) bond motifs is 1. The Kier molecular flexibility index (Phi) is 5.27. The van der Waals surface area contributed by atoms with Crippen LogP contribution in [-0.2, 0) is 0 Å². The lowest BCUT2D eigenvalue weighted by atomic mass is 10.1. The number of phenols is 4. The molecule has 0 aliphatic carbocycles. The number of rotatable bonds is 1. The van der Waals surface area contributed by atoms with E-state index in [0.29, 0.717) is 0 Å². The van der Waals surface area contributed by atoms with Gasteiger partial charge in [-0.15, -0.1) is 0 Å². The third-order valence-electron chi connectivity index (χ3n) is 3.28. The second-order valence-corrected chi connectivity index (χ2v) is 5.13. The summed E-state index contributed by atoms with van der Waals surface area (Å²) in [5.41, 5.74) is 4.57. The van der Waals surface area contributed by atoms with Crippen LogP contribution in [0.1, 0.15) is 0 Å². The highest BCUT2D eigenvalue weighted by molar-refractivity contribution is 5.88.